The van der Waals surface area contributed by atoms with Crippen LogP contribution in [0, 0.1) is 0 Å². The molecule has 0 fully saturated rings. The number of likely N-dealkylation sites (N-methyl/N-ethyl adjacent to an activating group) is 1. The summed E-state index contributed by atoms with van der Waals surface area (Å²) in [7, 11) is 1.26. The molecule has 0 radical (unpaired) electrons. The van der Waals surface area contributed by atoms with Gasteiger partial charge in [0.15, 0.2) is 0 Å². The number of carbonyl (C=O) groups is 1. The molecule has 0 heterocycles. The predicted octanol–water partition coefficient (Wildman–Crippen LogP) is 17.0. The molecule has 0 saturated heterocycles. The van der Waals surface area contributed by atoms with Gasteiger partial charge in [-0.05, 0) is 32.1 Å². The van der Waals surface area contributed by atoms with Crippen LogP contribution in [0.15, 0.2) is 24.3 Å². The van der Waals surface area contributed by atoms with Crippen LogP contribution in [0.1, 0.15) is 290 Å². The minimum Gasteiger partial charge on any atom is -0.756 e. The molecule has 0 saturated carbocycles. The van der Waals surface area contributed by atoms with Crippen molar-refractivity contribution >= 4 is 13.7 Å². The number of aliphatic hydroxyl groups excluding tert-OH is 1. The van der Waals surface area contributed by atoms with Crippen molar-refractivity contribution in [2.24, 2.45) is 0 Å². The zero-order chi connectivity index (χ0) is 49.2. The van der Waals surface area contributed by atoms with Crippen molar-refractivity contribution < 1.29 is 32.9 Å². The summed E-state index contributed by atoms with van der Waals surface area (Å²) < 4.78 is 23.3. The molecule has 1 amide bonds. The molecule has 0 aliphatic carbocycles. The van der Waals surface area contributed by atoms with Gasteiger partial charge in [-0.3, -0.25) is 9.36 Å². The molecule has 0 aliphatic heterocycles. The lowest BCUT2D eigenvalue weighted by Crippen LogP contribution is -2.45. The number of allylic oxidation sites excluding steroid dienone is 3. The Bertz CT molecular complexity index is 1140. The molecule has 0 aromatic heterocycles. The van der Waals surface area contributed by atoms with Crippen LogP contribution in [-0.2, 0) is 18.4 Å². The van der Waals surface area contributed by atoms with Gasteiger partial charge in [0.2, 0.25) is 5.91 Å². The van der Waals surface area contributed by atoms with Crippen molar-refractivity contribution in [3.05, 3.63) is 24.3 Å². The molecule has 0 spiro atoms. The quantitative estimate of drug-likeness (QED) is 0.0272. The molecule has 0 aliphatic rings. The van der Waals surface area contributed by atoms with Gasteiger partial charge in [-0.2, -0.15) is 0 Å². The Balaban J connectivity index is 4.20. The van der Waals surface area contributed by atoms with Crippen molar-refractivity contribution in [1.29, 1.82) is 0 Å². The number of quaternary nitrogens is 1. The summed E-state index contributed by atoms with van der Waals surface area (Å²) in [5, 5.41) is 13.9. The van der Waals surface area contributed by atoms with Gasteiger partial charge in [0.1, 0.15) is 13.2 Å². The van der Waals surface area contributed by atoms with E-state index < -0.39 is 20.0 Å². The fourth-order valence-corrected chi connectivity index (χ4v) is 9.54. The summed E-state index contributed by atoms with van der Waals surface area (Å²) in [4.78, 5) is 25.5. The lowest BCUT2D eigenvalue weighted by Gasteiger charge is -2.29. The molecule has 0 aromatic rings. The molecule has 8 nitrogen and oxygen atoms in total. The highest BCUT2D eigenvalue weighted by atomic mass is 31.2. The fourth-order valence-electron chi connectivity index (χ4n) is 8.82. The normalized spacial score (nSPS) is 14.1. The van der Waals surface area contributed by atoms with E-state index in [-0.39, 0.29) is 19.1 Å². The van der Waals surface area contributed by atoms with Gasteiger partial charge in [-0.1, -0.05) is 276 Å². The maximum absolute atomic E-state index is 13.0. The van der Waals surface area contributed by atoms with Crippen LogP contribution >= 0.6 is 7.82 Å². The monoisotopic (exact) mass is 967 g/mol. The zero-order valence-electron chi connectivity index (χ0n) is 45.4. The summed E-state index contributed by atoms with van der Waals surface area (Å²) in [5.41, 5.74) is 0. The Morgan fingerprint density at radius 1 is 0.507 bits per heavy atom. The molecule has 0 bridgehead atoms. The van der Waals surface area contributed by atoms with Crippen LogP contribution in [0.3, 0.4) is 0 Å². The highest BCUT2D eigenvalue weighted by molar-refractivity contribution is 7.45. The van der Waals surface area contributed by atoms with Gasteiger partial charge in [0.05, 0.1) is 39.9 Å². The zero-order valence-corrected chi connectivity index (χ0v) is 46.3. The van der Waals surface area contributed by atoms with Crippen LogP contribution in [-0.4, -0.2) is 68.5 Å². The Morgan fingerprint density at radius 2 is 0.836 bits per heavy atom. The van der Waals surface area contributed by atoms with Crippen molar-refractivity contribution in [3.63, 3.8) is 0 Å². The average molecular weight is 968 g/mol. The number of hydrogen-bond donors (Lipinski definition) is 2. The van der Waals surface area contributed by atoms with E-state index in [2.05, 4.69) is 31.3 Å². The first kappa shape index (κ1) is 66.0. The summed E-state index contributed by atoms with van der Waals surface area (Å²) in [6.45, 7) is 4.67. The molecule has 67 heavy (non-hydrogen) atoms. The number of hydrogen-bond acceptors (Lipinski definition) is 6. The third-order valence-electron chi connectivity index (χ3n) is 13.4. The largest absolute Gasteiger partial charge is 0.756 e. The standard InChI is InChI=1S/C58H115N2O6P/c1-6-8-10-12-14-16-18-20-22-24-26-28-29-30-31-32-34-36-38-40-42-44-46-48-50-52-58(62)59-56(55-66-67(63,64)65-54-53-60(3,4)5)57(61)51-49-47-45-43-41-39-37-35-33-27-25-23-21-19-17-15-13-11-9-7-2/h41,43,49,51,56-57,61H,6-40,42,44-48,50,52-55H2,1-5H3,(H-,59,62,63,64)/b43-41+,51-49+. The molecule has 398 valence electrons. The molecule has 3 atom stereocenters. The lowest BCUT2D eigenvalue weighted by atomic mass is 10.0. The summed E-state index contributed by atoms with van der Waals surface area (Å²) >= 11 is 0. The molecular weight excluding hydrogens is 852 g/mol. The van der Waals surface area contributed by atoms with Gasteiger partial charge >= 0.3 is 0 Å². The smallest absolute Gasteiger partial charge is 0.268 e. The summed E-state index contributed by atoms with van der Waals surface area (Å²) in [6.07, 6.45) is 62.6. The molecule has 0 rings (SSSR count). The van der Waals surface area contributed by atoms with Gasteiger partial charge in [-0.15, -0.1) is 0 Å². The fraction of sp³-hybridized carbons (Fsp3) is 0.914. The number of rotatable bonds is 54. The summed E-state index contributed by atoms with van der Waals surface area (Å²) in [6, 6.07) is -0.900. The predicted molar refractivity (Wildman–Crippen MR) is 289 cm³/mol. The second kappa shape index (κ2) is 49.9. The Labute approximate surface area is 417 Å². The SMILES string of the molecule is CCCCCCCCCCCCCCCC/C=C/CC/C=C/C(O)C(COP(=O)([O-])OCC[N+](C)(C)C)NC(=O)CCCCCCCCCCCCCCCCCCCCCCCCCCC. The third kappa shape index (κ3) is 52.6. The Morgan fingerprint density at radius 3 is 1.21 bits per heavy atom. The minimum absolute atomic E-state index is 0.00370. The van der Waals surface area contributed by atoms with E-state index in [1.165, 1.54) is 231 Å². The van der Waals surface area contributed by atoms with E-state index >= 15 is 0 Å². The van der Waals surface area contributed by atoms with Crippen molar-refractivity contribution in [1.82, 2.24) is 5.32 Å². The number of nitrogens with one attached hydrogen (secondary N) is 1. The van der Waals surface area contributed by atoms with Crippen LogP contribution < -0.4 is 10.2 Å². The number of phosphoric acid groups is 1. The molecular formula is C58H115N2O6P. The minimum atomic E-state index is -4.60. The van der Waals surface area contributed by atoms with Crippen molar-refractivity contribution in [2.75, 3.05) is 40.9 Å². The third-order valence-corrected chi connectivity index (χ3v) is 14.4. The van der Waals surface area contributed by atoms with Gasteiger partial charge in [-0.25, -0.2) is 0 Å². The first-order valence-electron chi connectivity index (χ1n) is 29.2. The Hall–Kier alpha value is -1.02. The van der Waals surface area contributed by atoms with Gasteiger partial charge in [0.25, 0.3) is 7.82 Å². The topological polar surface area (TPSA) is 108 Å². The molecule has 2 N–H and O–H groups in total. The number of aliphatic hydroxyl groups is 1. The van der Waals surface area contributed by atoms with Crippen molar-refractivity contribution in [3.8, 4) is 0 Å². The number of nitrogens with zero attached hydrogens (tertiary/aromatic N) is 1. The molecule has 9 heteroatoms. The highest BCUT2D eigenvalue weighted by Gasteiger charge is 2.23. The van der Waals surface area contributed by atoms with Gasteiger partial charge < -0.3 is 28.8 Å². The Kier molecular flexibility index (Phi) is 49.2. The van der Waals surface area contributed by atoms with E-state index in [1.54, 1.807) is 6.08 Å². The first-order valence-corrected chi connectivity index (χ1v) is 30.7. The van der Waals surface area contributed by atoms with Crippen molar-refractivity contribution in [2.45, 2.75) is 302 Å². The molecule has 0 aromatic carbocycles. The van der Waals surface area contributed by atoms with Crippen LogP contribution in [0.5, 0.6) is 0 Å². The molecule has 3 unspecified atom stereocenters. The van der Waals surface area contributed by atoms with E-state index in [0.717, 1.165) is 38.5 Å². The van der Waals surface area contributed by atoms with Crippen LogP contribution in [0.25, 0.3) is 0 Å². The number of phosphoric ester groups is 1. The summed E-state index contributed by atoms with van der Waals surface area (Å²) in [5.74, 6) is -0.201. The first-order chi connectivity index (χ1) is 32.5. The van der Waals surface area contributed by atoms with E-state index in [1.807, 2.05) is 27.2 Å². The number of unbranched alkanes of at least 4 members (excludes halogenated alkanes) is 39. The number of amides is 1. The van der Waals surface area contributed by atoms with Crippen LogP contribution in [0.2, 0.25) is 0 Å². The highest BCUT2D eigenvalue weighted by Crippen LogP contribution is 2.38. The van der Waals surface area contributed by atoms with E-state index in [9.17, 15) is 19.4 Å². The maximum atomic E-state index is 13.0. The van der Waals surface area contributed by atoms with Crippen LogP contribution in [0.4, 0.5) is 0 Å². The lowest BCUT2D eigenvalue weighted by molar-refractivity contribution is -0.870. The maximum Gasteiger partial charge on any atom is 0.268 e. The average Bonchev–Trinajstić information content (AvgIpc) is 3.29. The van der Waals surface area contributed by atoms with E-state index in [0.29, 0.717) is 17.4 Å². The second-order valence-corrected chi connectivity index (χ2v) is 22.8. The van der Waals surface area contributed by atoms with Gasteiger partial charge in [0, 0.05) is 6.42 Å². The number of carbonyl (C=O) groups excluding carboxylic acids is 1. The van der Waals surface area contributed by atoms with E-state index in [4.69, 9.17) is 9.05 Å². The second-order valence-electron chi connectivity index (χ2n) is 21.4.